The number of carbonyl (C=O) groups is 1. The first-order chi connectivity index (χ1) is 8.27. The molecule has 0 aliphatic carbocycles. The number of nitrogens with one attached hydrogen (secondary N) is 1. The van der Waals surface area contributed by atoms with Gasteiger partial charge in [0.25, 0.3) is 0 Å². The summed E-state index contributed by atoms with van der Waals surface area (Å²) in [6.07, 6.45) is 1.44. The molecule has 1 aromatic carbocycles. The van der Waals surface area contributed by atoms with Crippen molar-refractivity contribution in [2.75, 3.05) is 31.6 Å². The van der Waals surface area contributed by atoms with Gasteiger partial charge >= 0.3 is 0 Å². The second kappa shape index (κ2) is 7.68. The third-order valence-electron chi connectivity index (χ3n) is 2.64. The summed E-state index contributed by atoms with van der Waals surface area (Å²) < 4.78 is 0. The quantitative estimate of drug-likeness (QED) is 0.740. The number of hydrogen-bond donors (Lipinski definition) is 2. The van der Waals surface area contributed by atoms with Gasteiger partial charge in [-0.05, 0) is 25.1 Å². The van der Waals surface area contributed by atoms with Crippen LogP contribution in [0.3, 0.4) is 0 Å². The van der Waals surface area contributed by atoms with Crippen LogP contribution in [0.4, 0.5) is 5.69 Å². The Balaban J connectivity index is 2.57. The van der Waals surface area contributed by atoms with Gasteiger partial charge in [-0.2, -0.15) is 0 Å². The van der Waals surface area contributed by atoms with Crippen LogP contribution in [-0.4, -0.2) is 32.6 Å². The maximum atomic E-state index is 11.3. The topological polar surface area (TPSA) is 58.4 Å². The Morgan fingerprint density at radius 2 is 2.00 bits per heavy atom. The molecule has 0 aliphatic rings. The standard InChI is InChI=1S/C13H21N3O/c1-15-13(17)8-11-16(10-5-9-14)12-6-3-2-4-7-12/h2-4,6-7H,5,8-11,14H2,1H3,(H,15,17). The van der Waals surface area contributed by atoms with Crippen molar-refractivity contribution in [2.24, 2.45) is 5.73 Å². The molecule has 4 heteroatoms. The van der Waals surface area contributed by atoms with E-state index in [9.17, 15) is 4.79 Å². The number of benzene rings is 1. The van der Waals surface area contributed by atoms with E-state index in [1.54, 1.807) is 7.05 Å². The number of amides is 1. The second-order valence-electron chi connectivity index (χ2n) is 3.89. The molecule has 0 fully saturated rings. The molecule has 17 heavy (non-hydrogen) atoms. The normalized spacial score (nSPS) is 10.0. The van der Waals surface area contributed by atoms with E-state index in [4.69, 9.17) is 5.73 Å². The van der Waals surface area contributed by atoms with Crippen molar-refractivity contribution in [3.05, 3.63) is 30.3 Å². The third-order valence-corrected chi connectivity index (χ3v) is 2.64. The lowest BCUT2D eigenvalue weighted by molar-refractivity contribution is -0.120. The molecular formula is C13H21N3O. The molecule has 0 saturated heterocycles. The SMILES string of the molecule is CNC(=O)CCN(CCCN)c1ccccc1. The molecule has 0 radical (unpaired) electrons. The molecule has 1 rings (SSSR count). The first-order valence-corrected chi connectivity index (χ1v) is 5.98. The molecule has 94 valence electrons. The maximum absolute atomic E-state index is 11.3. The van der Waals surface area contributed by atoms with Crippen LogP contribution in [0.25, 0.3) is 0 Å². The molecule has 0 unspecified atom stereocenters. The zero-order valence-electron chi connectivity index (χ0n) is 10.4. The molecular weight excluding hydrogens is 214 g/mol. The van der Waals surface area contributed by atoms with Crippen LogP contribution in [0.2, 0.25) is 0 Å². The van der Waals surface area contributed by atoms with Crippen molar-refractivity contribution in [1.82, 2.24) is 5.32 Å². The van der Waals surface area contributed by atoms with Crippen LogP contribution in [0.15, 0.2) is 30.3 Å². The van der Waals surface area contributed by atoms with Gasteiger partial charge in [-0.15, -0.1) is 0 Å². The molecule has 0 aliphatic heterocycles. The summed E-state index contributed by atoms with van der Waals surface area (Å²) in [6.45, 7) is 2.28. The Labute approximate surface area is 103 Å². The zero-order chi connectivity index (χ0) is 12.5. The first kappa shape index (κ1) is 13.5. The zero-order valence-corrected chi connectivity index (χ0v) is 10.4. The van der Waals surface area contributed by atoms with Gasteiger partial charge in [0.1, 0.15) is 0 Å². The molecule has 0 spiro atoms. The molecule has 0 heterocycles. The van der Waals surface area contributed by atoms with E-state index in [2.05, 4.69) is 22.3 Å². The number of carbonyl (C=O) groups excluding carboxylic acids is 1. The minimum atomic E-state index is 0.0682. The number of para-hydroxylation sites is 1. The van der Waals surface area contributed by atoms with Crippen LogP contribution in [0.1, 0.15) is 12.8 Å². The van der Waals surface area contributed by atoms with E-state index < -0.39 is 0 Å². The number of hydrogen-bond acceptors (Lipinski definition) is 3. The van der Waals surface area contributed by atoms with E-state index in [-0.39, 0.29) is 5.91 Å². The number of rotatable bonds is 7. The number of nitrogens with two attached hydrogens (primary N) is 1. The molecule has 0 saturated carbocycles. The first-order valence-electron chi connectivity index (χ1n) is 5.98. The van der Waals surface area contributed by atoms with Gasteiger partial charge in [0.05, 0.1) is 0 Å². The van der Waals surface area contributed by atoms with Crippen LogP contribution >= 0.6 is 0 Å². The van der Waals surface area contributed by atoms with Crippen molar-refractivity contribution in [2.45, 2.75) is 12.8 Å². The van der Waals surface area contributed by atoms with E-state index >= 15 is 0 Å². The third kappa shape index (κ3) is 4.87. The van der Waals surface area contributed by atoms with E-state index in [1.165, 1.54) is 0 Å². The summed E-state index contributed by atoms with van der Waals surface area (Å²) in [6, 6.07) is 10.1. The monoisotopic (exact) mass is 235 g/mol. The lowest BCUT2D eigenvalue weighted by Gasteiger charge is -2.24. The number of anilines is 1. The average molecular weight is 235 g/mol. The van der Waals surface area contributed by atoms with Gasteiger partial charge in [-0.3, -0.25) is 4.79 Å². The highest BCUT2D eigenvalue weighted by Gasteiger charge is 2.07. The molecule has 1 aromatic rings. The Morgan fingerprint density at radius 1 is 1.29 bits per heavy atom. The fourth-order valence-electron chi connectivity index (χ4n) is 1.65. The fraction of sp³-hybridized carbons (Fsp3) is 0.462. The minimum absolute atomic E-state index is 0.0682. The fourth-order valence-corrected chi connectivity index (χ4v) is 1.65. The van der Waals surface area contributed by atoms with Gasteiger partial charge in [0.15, 0.2) is 0 Å². The van der Waals surface area contributed by atoms with Crippen molar-refractivity contribution in [1.29, 1.82) is 0 Å². The second-order valence-corrected chi connectivity index (χ2v) is 3.89. The molecule has 0 aromatic heterocycles. The lowest BCUT2D eigenvalue weighted by Crippen LogP contribution is -2.31. The predicted molar refractivity (Wildman–Crippen MR) is 71.0 cm³/mol. The summed E-state index contributed by atoms with van der Waals surface area (Å²) in [5.74, 6) is 0.0682. The maximum Gasteiger partial charge on any atom is 0.221 e. The van der Waals surface area contributed by atoms with Gasteiger partial charge < -0.3 is 16.0 Å². The van der Waals surface area contributed by atoms with E-state index in [1.807, 2.05) is 18.2 Å². The number of nitrogens with zero attached hydrogens (tertiary/aromatic N) is 1. The lowest BCUT2D eigenvalue weighted by atomic mass is 10.2. The average Bonchev–Trinajstić information content (AvgIpc) is 2.39. The van der Waals surface area contributed by atoms with Crippen LogP contribution in [0.5, 0.6) is 0 Å². The van der Waals surface area contributed by atoms with E-state index in [0.29, 0.717) is 13.0 Å². The summed E-state index contributed by atoms with van der Waals surface area (Å²) in [5, 5.41) is 2.64. The molecule has 0 bridgehead atoms. The van der Waals surface area contributed by atoms with Crippen LogP contribution in [0, 0.1) is 0 Å². The van der Waals surface area contributed by atoms with Gasteiger partial charge in [-0.25, -0.2) is 0 Å². The highest BCUT2D eigenvalue weighted by molar-refractivity contribution is 5.76. The Bertz CT molecular complexity index is 327. The van der Waals surface area contributed by atoms with Crippen LogP contribution < -0.4 is 16.0 Å². The minimum Gasteiger partial charge on any atom is -0.371 e. The highest BCUT2D eigenvalue weighted by atomic mass is 16.1. The van der Waals surface area contributed by atoms with Crippen molar-refractivity contribution >= 4 is 11.6 Å². The van der Waals surface area contributed by atoms with E-state index in [0.717, 1.165) is 25.2 Å². The molecule has 4 nitrogen and oxygen atoms in total. The van der Waals surface area contributed by atoms with Gasteiger partial charge in [-0.1, -0.05) is 18.2 Å². The van der Waals surface area contributed by atoms with Crippen molar-refractivity contribution in [3.8, 4) is 0 Å². The summed E-state index contributed by atoms with van der Waals surface area (Å²) >= 11 is 0. The van der Waals surface area contributed by atoms with Gasteiger partial charge in [0, 0.05) is 32.2 Å². The smallest absolute Gasteiger partial charge is 0.221 e. The van der Waals surface area contributed by atoms with Gasteiger partial charge in [0.2, 0.25) is 5.91 Å². The largest absolute Gasteiger partial charge is 0.371 e. The Kier molecular flexibility index (Phi) is 6.10. The molecule has 3 N–H and O–H groups in total. The summed E-state index contributed by atoms with van der Waals surface area (Å²) in [7, 11) is 1.66. The van der Waals surface area contributed by atoms with Crippen molar-refractivity contribution < 1.29 is 4.79 Å². The summed E-state index contributed by atoms with van der Waals surface area (Å²) in [5.41, 5.74) is 6.67. The highest BCUT2D eigenvalue weighted by Crippen LogP contribution is 2.13. The predicted octanol–water partition coefficient (Wildman–Crippen LogP) is 0.978. The molecule has 1 amide bonds. The molecule has 0 atom stereocenters. The van der Waals surface area contributed by atoms with Crippen LogP contribution in [-0.2, 0) is 4.79 Å². The van der Waals surface area contributed by atoms with Crippen molar-refractivity contribution in [3.63, 3.8) is 0 Å². The summed E-state index contributed by atoms with van der Waals surface area (Å²) in [4.78, 5) is 13.5. The Hall–Kier alpha value is -1.55. The Morgan fingerprint density at radius 3 is 2.59 bits per heavy atom.